The summed E-state index contributed by atoms with van der Waals surface area (Å²) in [6, 6.07) is 0. The second-order valence-electron chi connectivity index (χ2n) is 6.11. The topological polar surface area (TPSA) is 39.1 Å². The lowest BCUT2D eigenvalue weighted by Gasteiger charge is -2.26. The molecular weight excluding hydrogens is 226 g/mol. The Morgan fingerprint density at radius 3 is 2.89 bits per heavy atom. The van der Waals surface area contributed by atoms with Crippen molar-refractivity contribution in [2.45, 2.75) is 57.7 Å². The Kier molecular flexibility index (Phi) is 2.94. The maximum Gasteiger partial charge on any atom is 0.112 e. The van der Waals surface area contributed by atoms with E-state index in [0.717, 1.165) is 26.1 Å². The summed E-state index contributed by atoms with van der Waals surface area (Å²) in [5, 5.41) is 3.41. The molecule has 0 amide bonds. The summed E-state index contributed by atoms with van der Waals surface area (Å²) >= 11 is 0. The second-order valence-corrected chi connectivity index (χ2v) is 6.11. The first-order chi connectivity index (χ1) is 8.61. The number of aromatic nitrogens is 2. The van der Waals surface area contributed by atoms with E-state index in [1.165, 1.54) is 30.1 Å². The van der Waals surface area contributed by atoms with Gasteiger partial charge in [-0.2, -0.15) is 0 Å². The van der Waals surface area contributed by atoms with Gasteiger partial charge in [-0.05, 0) is 26.7 Å². The second kappa shape index (κ2) is 4.35. The van der Waals surface area contributed by atoms with Gasteiger partial charge in [0.05, 0.1) is 17.8 Å². The van der Waals surface area contributed by atoms with Crippen LogP contribution in [0.1, 0.15) is 49.8 Å². The zero-order chi connectivity index (χ0) is 12.8. The third kappa shape index (κ3) is 2.19. The van der Waals surface area contributed by atoms with Gasteiger partial charge in [0.25, 0.3) is 0 Å². The molecular formula is C14H23N3O. The van der Waals surface area contributed by atoms with Crippen molar-refractivity contribution in [3.8, 4) is 0 Å². The maximum atomic E-state index is 5.59. The van der Waals surface area contributed by atoms with Crippen molar-refractivity contribution in [3.63, 3.8) is 0 Å². The van der Waals surface area contributed by atoms with Crippen molar-refractivity contribution in [3.05, 3.63) is 17.2 Å². The molecule has 1 fully saturated rings. The normalized spacial score (nSPS) is 19.9. The molecule has 0 saturated heterocycles. The standard InChI is InChI=1S/C14H23N3O/c1-14(2,18-3)9-17-12-6-7-15-8-11(12)16-13(17)10-4-5-10/h10,15H,4-9H2,1-3H3. The average molecular weight is 249 g/mol. The molecule has 3 rings (SSSR count). The number of ether oxygens (including phenoxy) is 1. The molecule has 2 heterocycles. The molecule has 1 aromatic heterocycles. The predicted octanol–water partition coefficient (Wildman–Crippen LogP) is 1.83. The summed E-state index contributed by atoms with van der Waals surface area (Å²) < 4.78 is 8.03. The molecule has 4 nitrogen and oxygen atoms in total. The molecule has 0 radical (unpaired) electrons. The van der Waals surface area contributed by atoms with E-state index >= 15 is 0 Å². The number of fused-ring (bicyclic) bond motifs is 1. The molecule has 0 spiro atoms. The Bertz CT molecular complexity index is 446. The van der Waals surface area contributed by atoms with E-state index in [1.54, 1.807) is 7.11 Å². The van der Waals surface area contributed by atoms with Crippen LogP contribution in [0.3, 0.4) is 0 Å². The van der Waals surface area contributed by atoms with Crippen LogP contribution >= 0.6 is 0 Å². The van der Waals surface area contributed by atoms with E-state index in [0.29, 0.717) is 5.92 Å². The first-order valence-electron chi connectivity index (χ1n) is 6.95. The van der Waals surface area contributed by atoms with Crippen LogP contribution in [0, 0.1) is 0 Å². The average Bonchev–Trinajstić information content (AvgIpc) is 3.14. The number of hydrogen-bond donors (Lipinski definition) is 1. The van der Waals surface area contributed by atoms with Crippen LogP contribution in [-0.2, 0) is 24.2 Å². The number of imidazole rings is 1. The molecule has 18 heavy (non-hydrogen) atoms. The van der Waals surface area contributed by atoms with Gasteiger partial charge in [0, 0.05) is 38.2 Å². The summed E-state index contributed by atoms with van der Waals surface area (Å²) in [5.41, 5.74) is 2.57. The van der Waals surface area contributed by atoms with Gasteiger partial charge in [-0.3, -0.25) is 0 Å². The van der Waals surface area contributed by atoms with E-state index in [4.69, 9.17) is 9.72 Å². The zero-order valence-corrected chi connectivity index (χ0v) is 11.6. The van der Waals surface area contributed by atoms with Crippen LogP contribution < -0.4 is 5.32 Å². The van der Waals surface area contributed by atoms with E-state index in [-0.39, 0.29) is 5.60 Å². The lowest BCUT2D eigenvalue weighted by Crippen LogP contribution is -2.32. The van der Waals surface area contributed by atoms with Crippen molar-refractivity contribution in [1.29, 1.82) is 0 Å². The van der Waals surface area contributed by atoms with E-state index in [1.807, 2.05) is 0 Å². The van der Waals surface area contributed by atoms with E-state index in [2.05, 4.69) is 23.7 Å². The van der Waals surface area contributed by atoms with Crippen molar-refractivity contribution in [1.82, 2.24) is 14.9 Å². The third-order valence-corrected chi connectivity index (χ3v) is 4.05. The van der Waals surface area contributed by atoms with Crippen LogP contribution in [0.2, 0.25) is 0 Å². The SMILES string of the molecule is COC(C)(C)Cn1c(C2CC2)nc2c1CCNC2. The van der Waals surface area contributed by atoms with Crippen LogP contribution in [0.4, 0.5) is 0 Å². The molecule has 1 aliphatic heterocycles. The summed E-state index contributed by atoms with van der Waals surface area (Å²) in [6.45, 7) is 7.21. The van der Waals surface area contributed by atoms with Crippen molar-refractivity contribution in [2.75, 3.05) is 13.7 Å². The highest BCUT2D eigenvalue weighted by atomic mass is 16.5. The van der Waals surface area contributed by atoms with Crippen molar-refractivity contribution in [2.24, 2.45) is 0 Å². The smallest absolute Gasteiger partial charge is 0.112 e. The highest BCUT2D eigenvalue weighted by molar-refractivity contribution is 5.24. The number of methoxy groups -OCH3 is 1. The molecule has 2 aliphatic rings. The largest absolute Gasteiger partial charge is 0.377 e. The van der Waals surface area contributed by atoms with Crippen molar-refractivity contribution < 1.29 is 4.74 Å². The van der Waals surface area contributed by atoms with E-state index < -0.39 is 0 Å². The van der Waals surface area contributed by atoms with Gasteiger partial charge in [0.15, 0.2) is 0 Å². The Morgan fingerprint density at radius 2 is 2.22 bits per heavy atom. The van der Waals surface area contributed by atoms with Crippen LogP contribution in [0.15, 0.2) is 0 Å². The van der Waals surface area contributed by atoms with Gasteiger partial charge < -0.3 is 14.6 Å². The quantitative estimate of drug-likeness (QED) is 0.885. The molecule has 100 valence electrons. The summed E-state index contributed by atoms with van der Waals surface area (Å²) in [4.78, 5) is 4.88. The van der Waals surface area contributed by atoms with Crippen molar-refractivity contribution >= 4 is 0 Å². The maximum absolute atomic E-state index is 5.59. The zero-order valence-electron chi connectivity index (χ0n) is 11.6. The summed E-state index contributed by atoms with van der Waals surface area (Å²) in [5.74, 6) is 2.00. The molecule has 4 heteroatoms. The number of nitrogens with one attached hydrogen (secondary N) is 1. The van der Waals surface area contributed by atoms with Gasteiger partial charge in [-0.25, -0.2) is 4.98 Å². The van der Waals surface area contributed by atoms with Gasteiger partial charge in [-0.1, -0.05) is 0 Å². The van der Waals surface area contributed by atoms with Crippen LogP contribution in [-0.4, -0.2) is 28.8 Å². The lowest BCUT2D eigenvalue weighted by atomic mass is 10.1. The predicted molar refractivity (Wildman–Crippen MR) is 70.7 cm³/mol. The van der Waals surface area contributed by atoms with Crippen LogP contribution in [0.25, 0.3) is 0 Å². The fourth-order valence-electron chi connectivity index (χ4n) is 2.67. The fraction of sp³-hybridized carbons (Fsp3) is 0.786. The molecule has 0 unspecified atom stereocenters. The Balaban J connectivity index is 1.97. The number of nitrogens with zero attached hydrogens (tertiary/aromatic N) is 2. The first kappa shape index (κ1) is 12.2. The lowest BCUT2D eigenvalue weighted by molar-refractivity contribution is 0.00690. The van der Waals surface area contributed by atoms with Gasteiger partial charge in [0.1, 0.15) is 5.82 Å². The van der Waals surface area contributed by atoms with Gasteiger partial charge in [0.2, 0.25) is 0 Å². The highest BCUT2D eigenvalue weighted by Crippen LogP contribution is 2.41. The highest BCUT2D eigenvalue weighted by Gasteiger charge is 2.33. The van der Waals surface area contributed by atoms with Crippen LogP contribution in [0.5, 0.6) is 0 Å². The Morgan fingerprint density at radius 1 is 1.44 bits per heavy atom. The molecule has 1 aromatic rings. The minimum atomic E-state index is -0.122. The Hall–Kier alpha value is -0.870. The number of hydrogen-bond acceptors (Lipinski definition) is 3. The molecule has 1 N–H and O–H groups in total. The molecule has 1 aliphatic carbocycles. The molecule has 1 saturated carbocycles. The first-order valence-corrected chi connectivity index (χ1v) is 6.95. The van der Waals surface area contributed by atoms with Gasteiger partial charge >= 0.3 is 0 Å². The summed E-state index contributed by atoms with van der Waals surface area (Å²) in [6.07, 6.45) is 3.70. The monoisotopic (exact) mass is 249 g/mol. The Labute approximate surface area is 109 Å². The number of rotatable bonds is 4. The van der Waals surface area contributed by atoms with Gasteiger partial charge in [-0.15, -0.1) is 0 Å². The molecule has 0 bridgehead atoms. The molecule has 0 atom stereocenters. The molecule has 0 aromatic carbocycles. The minimum Gasteiger partial charge on any atom is -0.377 e. The summed E-state index contributed by atoms with van der Waals surface area (Å²) in [7, 11) is 1.79. The fourth-order valence-corrected chi connectivity index (χ4v) is 2.67. The van der Waals surface area contributed by atoms with E-state index in [9.17, 15) is 0 Å². The third-order valence-electron chi connectivity index (χ3n) is 4.05. The minimum absolute atomic E-state index is 0.122.